The number of benzene rings is 1. The molecule has 1 aliphatic rings. The van der Waals surface area contributed by atoms with Gasteiger partial charge in [0, 0.05) is 25.7 Å². The van der Waals surface area contributed by atoms with Crippen LogP contribution < -0.4 is 4.74 Å². The Kier molecular flexibility index (Phi) is 5.18. The van der Waals surface area contributed by atoms with Gasteiger partial charge in [-0.3, -0.25) is 4.90 Å². The molecule has 21 heavy (non-hydrogen) atoms. The first-order valence-corrected chi connectivity index (χ1v) is 7.17. The molecule has 1 aromatic rings. The van der Waals surface area contributed by atoms with E-state index in [0.29, 0.717) is 23.9 Å². The molecule has 0 aliphatic carbocycles. The molecule has 114 valence electrons. The first-order chi connectivity index (χ1) is 10.0. The zero-order valence-corrected chi connectivity index (χ0v) is 12.9. The second-order valence-electron chi connectivity index (χ2n) is 5.88. The van der Waals surface area contributed by atoms with Gasteiger partial charge in [0.1, 0.15) is 11.8 Å². The van der Waals surface area contributed by atoms with Gasteiger partial charge in [0.05, 0.1) is 18.8 Å². The zero-order valence-electron chi connectivity index (χ0n) is 12.9. The predicted octanol–water partition coefficient (Wildman–Crippen LogP) is 1.06. The number of likely N-dealkylation sites (N-methyl/N-ethyl adjacent to an activating group) is 1. The van der Waals surface area contributed by atoms with Crippen LogP contribution in [-0.2, 0) is 6.54 Å². The Morgan fingerprint density at radius 3 is 2.86 bits per heavy atom. The molecular formula is C16H23N3O2. The minimum Gasteiger partial charge on any atom is -0.495 e. The van der Waals surface area contributed by atoms with Gasteiger partial charge in [0.15, 0.2) is 0 Å². The Morgan fingerprint density at radius 1 is 1.48 bits per heavy atom. The van der Waals surface area contributed by atoms with Gasteiger partial charge in [0.25, 0.3) is 0 Å². The van der Waals surface area contributed by atoms with E-state index >= 15 is 0 Å². The molecule has 2 rings (SSSR count). The van der Waals surface area contributed by atoms with E-state index in [4.69, 9.17) is 10.00 Å². The van der Waals surface area contributed by atoms with Crippen molar-refractivity contribution in [1.29, 1.82) is 5.26 Å². The summed E-state index contributed by atoms with van der Waals surface area (Å²) in [7, 11) is 5.68. The molecule has 1 fully saturated rings. The van der Waals surface area contributed by atoms with Crippen LogP contribution >= 0.6 is 0 Å². The van der Waals surface area contributed by atoms with Gasteiger partial charge >= 0.3 is 0 Å². The number of hydrogen-bond acceptors (Lipinski definition) is 5. The summed E-state index contributed by atoms with van der Waals surface area (Å²) in [4.78, 5) is 4.44. The molecule has 1 aromatic carbocycles. The van der Waals surface area contributed by atoms with Crippen LogP contribution in [0, 0.1) is 11.3 Å². The highest BCUT2D eigenvalue weighted by Crippen LogP contribution is 2.24. The molecule has 1 N–H and O–H groups in total. The van der Waals surface area contributed by atoms with E-state index < -0.39 is 0 Å². The Balaban J connectivity index is 2.11. The highest BCUT2D eigenvalue weighted by molar-refractivity contribution is 5.45. The highest BCUT2D eigenvalue weighted by atomic mass is 16.5. The van der Waals surface area contributed by atoms with Gasteiger partial charge in [0.2, 0.25) is 0 Å². The summed E-state index contributed by atoms with van der Waals surface area (Å²) in [5.41, 5.74) is 1.65. The number of aliphatic hydroxyl groups excluding tert-OH is 1. The average molecular weight is 289 g/mol. The summed E-state index contributed by atoms with van der Waals surface area (Å²) >= 11 is 0. The van der Waals surface area contributed by atoms with E-state index in [1.54, 1.807) is 13.2 Å². The zero-order chi connectivity index (χ0) is 15.4. The fraction of sp³-hybridized carbons (Fsp3) is 0.562. The van der Waals surface area contributed by atoms with Gasteiger partial charge in [-0.25, -0.2) is 0 Å². The smallest absolute Gasteiger partial charge is 0.136 e. The average Bonchev–Trinajstić information content (AvgIpc) is 2.77. The molecule has 5 nitrogen and oxygen atoms in total. The van der Waals surface area contributed by atoms with Crippen LogP contribution in [0.15, 0.2) is 18.2 Å². The molecule has 0 saturated carbocycles. The number of nitrogens with zero attached hydrogens (tertiary/aromatic N) is 3. The molecule has 2 unspecified atom stereocenters. The van der Waals surface area contributed by atoms with Crippen molar-refractivity contribution in [1.82, 2.24) is 9.80 Å². The normalized spacial score (nSPS) is 22.5. The quantitative estimate of drug-likeness (QED) is 0.878. The van der Waals surface area contributed by atoms with E-state index in [2.05, 4.69) is 15.9 Å². The third kappa shape index (κ3) is 3.94. The molecule has 2 atom stereocenters. The van der Waals surface area contributed by atoms with Gasteiger partial charge in [-0.2, -0.15) is 5.26 Å². The second kappa shape index (κ2) is 6.90. The van der Waals surface area contributed by atoms with Gasteiger partial charge in [-0.1, -0.05) is 6.07 Å². The molecule has 5 heteroatoms. The summed E-state index contributed by atoms with van der Waals surface area (Å²) < 4.78 is 5.26. The molecule has 1 heterocycles. The van der Waals surface area contributed by atoms with Crippen molar-refractivity contribution >= 4 is 0 Å². The maximum atomic E-state index is 9.92. The summed E-state index contributed by atoms with van der Waals surface area (Å²) in [5.74, 6) is 0.610. The third-order valence-corrected chi connectivity index (χ3v) is 3.85. The lowest BCUT2D eigenvalue weighted by Gasteiger charge is -2.26. The summed E-state index contributed by atoms with van der Waals surface area (Å²) in [5, 5.41) is 18.9. The first kappa shape index (κ1) is 15.8. The number of methoxy groups -OCH3 is 1. The predicted molar refractivity (Wildman–Crippen MR) is 81.1 cm³/mol. The van der Waals surface area contributed by atoms with Crippen molar-refractivity contribution in [2.75, 3.05) is 34.3 Å². The van der Waals surface area contributed by atoms with Gasteiger partial charge < -0.3 is 14.7 Å². The molecule has 1 saturated heterocycles. The van der Waals surface area contributed by atoms with E-state index in [1.165, 1.54) is 0 Å². The monoisotopic (exact) mass is 289 g/mol. The lowest BCUT2D eigenvalue weighted by Crippen LogP contribution is -2.37. The van der Waals surface area contributed by atoms with Gasteiger partial charge in [-0.05, 0) is 38.2 Å². The lowest BCUT2D eigenvalue weighted by molar-refractivity contribution is 0.169. The standard InChI is InChI=1S/C16H23N3O2/c1-18(2)10-14-7-15(20)11-19(14)9-12-4-5-13(8-17)16(6-12)21-3/h4-6,14-15,20H,7,9-11H2,1-3H3. The molecule has 1 aliphatic heterocycles. The molecule has 0 aromatic heterocycles. The molecule has 0 radical (unpaired) electrons. The van der Waals surface area contributed by atoms with E-state index in [9.17, 15) is 5.11 Å². The number of aliphatic hydroxyl groups is 1. The second-order valence-corrected chi connectivity index (χ2v) is 5.88. The Bertz CT molecular complexity index is 525. The van der Waals surface area contributed by atoms with Crippen molar-refractivity contribution in [3.63, 3.8) is 0 Å². The fourth-order valence-corrected chi connectivity index (χ4v) is 2.92. The number of likely N-dealkylation sites (tertiary alicyclic amines) is 1. The Morgan fingerprint density at radius 2 is 2.24 bits per heavy atom. The number of nitriles is 1. The Hall–Kier alpha value is -1.61. The van der Waals surface area contributed by atoms with E-state index in [1.807, 2.05) is 26.2 Å². The largest absolute Gasteiger partial charge is 0.495 e. The van der Waals surface area contributed by atoms with Crippen LogP contribution in [0.1, 0.15) is 17.5 Å². The van der Waals surface area contributed by atoms with Crippen molar-refractivity contribution in [2.24, 2.45) is 0 Å². The Labute approximate surface area is 126 Å². The minimum absolute atomic E-state index is 0.254. The fourth-order valence-electron chi connectivity index (χ4n) is 2.92. The van der Waals surface area contributed by atoms with E-state index in [-0.39, 0.29) is 6.10 Å². The number of hydrogen-bond donors (Lipinski definition) is 1. The van der Waals surface area contributed by atoms with Crippen molar-refractivity contribution in [3.8, 4) is 11.8 Å². The van der Waals surface area contributed by atoms with Crippen LogP contribution in [0.3, 0.4) is 0 Å². The maximum absolute atomic E-state index is 9.92. The summed E-state index contributed by atoms with van der Waals surface area (Å²) in [6, 6.07) is 8.14. The SMILES string of the molecule is COc1cc(CN2CC(O)CC2CN(C)C)ccc1C#N. The van der Waals surface area contributed by atoms with Crippen LogP contribution in [0.2, 0.25) is 0 Å². The van der Waals surface area contributed by atoms with Crippen LogP contribution in [0.25, 0.3) is 0 Å². The highest BCUT2D eigenvalue weighted by Gasteiger charge is 2.31. The molecular weight excluding hydrogens is 266 g/mol. The van der Waals surface area contributed by atoms with E-state index in [0.717, 1.165) is 25.1 Å². The number of β-amino-alcohol motifs (C(OH)–C–C–N with tert-alkyl or cyclic N) is 1. The van der Waals surface area contributed by atoms with Crippen LogP contribution in [-0.4, -0.2) is 61.3 Å². The van der Waals surface area contributed by atoms with Gasteiger partial charge in [-0.15, -0.1) is 0 Å². The van der Waals surface area contributed by atoms with Crippen molar-refractivity contribution in [3.05, 3.63) is 29.3 Å². The molecule has 0 spiro atoms. The van der Waals surface area contributed by atoms with Crippen molar-refractivity contribution in [2.45, 2.75) is 25.1 Å². The first-order valence-electron chi connectivity index (χ1n) is 7.17. The molecule has 0 amide bonds. The van der Waals surface area contributed by atoms with Crippen LogP contribution in [0.4, 0.5) is 0 Å². The number of rotatable bonds is 5. The topological polar surface area (TPSA) is 59.7 Å². The maximum Gasteiger partial charge on any atom is 0.136 e. The van der Waals surface area contributed by atoms with Crippen LogP contribution in [0.5, 0.6) is 5.75 Å². The minimum atomic E-state index is -0.254. The molecule has 0 bridgehead atoms. The number of ether oxygens (including phenoxy) is 1. The summed E-state index contributed by atoms with van der Waals surface area (Å²) in [6.45, 7) is 2.39. The van der Waals surface area contributed by atoms with Crippen molar-refractivity contribution < 1.29 is 9.84 Å². The summed E-state index contributed by atoms with van der Waals surface area (Å²) in [6.07, 6.45) is 0.557. The lowest BCUT2D eigenvalue weighted by atomic mass is 10.1. The third-order valence-electron chi connectivity index (χ3n) is 3.85.